The summed E-state index contributed by atoms with van der Waals surface area (Å²) in [6.45, 7) is 0. The normalized spacial score (nSPS) is 11.9. The van der Waals surface area contributed by atoms with Crippen molar-refractivity contribution in [2.45, 2.75) is 0 Å². The van der Waals surface area contributed by atoms with E-state index < -0.39 is 0 Å². The molecule has 3 aromatic heterocycles. The Morgan fingerprint density at radius 1 is 0.439 bits per heavy atom. The lowest BCUT2D eigenvalue weighted by Crippen LogP contribution is -2.01. The zero-order chi connectivity index (χ0) is 26.9. The molecule has 0 saturated heterocycles. The molecule has 9 rings (SSSR count). The van der Waals surface area contributed by atoms with Crippen LogP contribution in [0.2, 0.25) is 0 Å². The van der Waals surface area contributed by atoms with E-state index in [0.717, 1.165) is 33.0 Å². The summed E-state index contributed by atoms with van der Waals surface area (Å²) in [7, 11) is 0. The summed E-state index contributed by atoms with van der Waals surface area (Å²) in [5.74, 6) is 1.79. The molecule has 0 N–H and O–H groups in total. The maximum absolute atomic E-state index is 6.13. The Bertz CT molecular complexity index is 2320. The summed E-state index contributed by atoms with van der Waals surface area (Å²) in [5, 5.41) is 4.39. The molecule has 0 bridgehead atoms. The van der Waals surface area contributed by atoms with E-state index >= 15 is 0 Å². The van der Waals surface area contributed by atoms with Gasteiger partial charge in [0.05, 0.1) is 6.20 Å². The summed E-state index contributed by atoms with van der Waals surface area (Å²) in [6, 6.07) is 37.5. The van der Waals surface area contributed by atoms with Crippen molar-refractivity contribution >= 4 is 32.7 Å². The molecule has 5 nitrogen and oxygen atoms in total. The van der Waals surface area contributed by atoms with Crippen molar-refractivity contribution < 1.29 is 4.42 Å². The fourth-order valence-corrected chi connectivity index (χ4v) is 6.14. The second-order valence-corrected chi connectivity index (χ2v) is 10.3. The minimum Gasteiger partial charge on any atom is -0.454 e. The summed E-state index contributed by atoms with van der Waals surface area (Å²) in [4.78, 5) is 19.6. The van der Waals surface area contributed by atoms with Crippen molar-refractivity contribution in [2.24, 2.45) is 0 Å². The zero-order valence-corrected chi connectivity index (χ0v) is 21.7. The number of pyridine rings is 1. The van der Waals surface area contributed by atoms with Gasteiger partial charge in [0.25, 0.3) is 0 Å². The van der Waals surface area contributed by atoms with Gasteiger partial charge in [-0.25, -0.2) is 15.0 Å². The number of hydrogen-bond donors (Lipinski definition) is 0. The maximum Gasteiger partial charge on any atom is 0.166 e. The first-order chi connectivity index (χ1) is 20.3. The molecule has 1 aliphatic carbocycles. The Morgan fingerprint density at radius 3 is 2.02 bits per heavy atom. The van der Waals surface area contributed by atoms with Gasteiger partial charge in [-0.05, 0) is 51.2 Å². The third-order valence-electron chi connectivity index (χ3n) is 7.94. The smallest absolute Gasteiger partial charge is 0.166 e. The van der Waals surface area contributed by atoms with Crippen LogP contribution in [0.4, 0.5) is 0 Å². The van der Waals surface area contributed by atoms with Crippen LogP contribution in [-0.2, 0) is 0 Å². The Balaban J connectivity index is 1.33. The van der Waals surface area contributed by atoms with Crippen LogP contribution in [0.25, 0.3) is 89.1 Å². The molecule has 0 aliphatic heterocycles. The number of benzene rings is 5. The van der Waals surface area contributed by atoms with E-state index in [2.05, 4.69) is 65.6 Å². The van der Waals surface area contributed by atoms with Crippen LogP contribution >= 0.6 is 0 Å². The molecule has 0 fully saturated rings. The van der Waals surface area contributed by atoms with Crippen LogP contribution in [-0.4, -0.2) is 19.9 Å². The molecule has 0 atom stereocenters. The monoisotopic (exact) mass is 524 g/mol. The van der Waals surface area contributed by atoms with Crippen molar-refractivity contribution in [3.8, 4) is 56.4 Å². The number of para-hydroxylation sites is 1. The summed E-state index contributed by atoms with van der Waals surface area (Å²) in [5.41, 5.74) is 9.16. The Morgan fingerprint density at radius 2 is 1.15 bits per heavy atom. The molecule has 190 valence electrons. The standard InChI is InChI=1S/C36H20N4O/c1-2-9-21(10-3-1)34-38-35(23-17-22-11-8-15-26-24-12-4-5-13-25(24)28(18-23)32(22)26)40-36(39-34)29-19-37-20-31-33(29)27-14-6-7-16-30(27)41-31/h1-20H. The van der Waals surface area contributed by atoms with Gasteiger partial charge in [-0.2, -0.15) is 0 Å². The molecule has 41 heavy (non-hydrogen) atoms. The SMILES string of the molecule is c1ccc(-c2nc(-c3cc4c5c(cccc5c3)-c3ccccc3-4)nc(-c3cncc4oc5ccccc5c34)n2)cc1. The first-order valence-corrected chi connectivity index (χ1v) is 13.6. The van der Waals surface area contributed by atoms with Crippen LogP contribution < -0.4 is 0 Å². The minimum absolute atomic E-state index is 0.559. The van der Waals surface area contributed by atoms with Gasteiger partial charge in [-0.3, -0.25) is 4.98 Å². The maximum atomic E-state index is 6.13. The number of rotatable bonds is 3. The largest absolute Gasteiger partial charge is 0.454 e. The fraction of sp³-hybridized carbons (Fsp3) is 0. The number of aromatic nitrogens is 4. The Labute approximate surface area is 234 Å². The molecular weight excluding hydrogens is 504 g/mol. The molecule has 5 aromatic carbocycles. The first kappa shape index (κ1) is 22.2. The van der Waals surface area contributed by atoms with Crippen LogP contribution in [0.1, 0.15) is 0 Å². The predicted octanol–water partition coefficient (Wildman–Crippen LogP) is 8.97. The fourth-order valence-electron chi connectivity index (χ4n) is 6.14. The van der Waals surface area contributed by atoms with Gasteiger partial charge in [-0.1, -0.05) is 91.0 Å². The molecule has 0 radical (unpaired) electrons. The van der Waals surface area contributed by atoms with E-state index in [4.69, 9.17) is 19.4 Å². The van der Waals surface area contributed by atoms with Crippen LogP contribution in [0.3, 0.4) is 0 Å². The lowest BCUT2D eigenvalue weighted by Gasteiger charge is -2.11. The van der Waals surface area contributed by atoms with Crippen LogP contribution in [0.5, 0.6) is 0 Å². The van der Waals surface area contributed by atoms with Gasteiger partial charge in [-0.15, -0.1) is 0 Å². The second kappa shape index (κ2) is 8.41. The van der Waals surface area contributed by atoms with E-state index in [-0.39, 0.29) is 0 Å². The third-order valence-corrected chi connectivity index (χ3v) is 7.94. The van der Waals surface area contributed by atoms with Crippen molar-refractivity contribution in [3.05, 3.63) is 122 Å². The lowest BCUT2D eigenvalue weighted by atomic mass is 9.99. The highest BCUT2D eigenvalue weighted by molar-refractivity contribution is 6.16. The first-order valence-electron chi connectivity index (χ1n) is 13.6. The molecule has 0 saturated carbocycles. The molecule has 3 heterocycles. The zero-order valence-electron chi connectivity index (χ0n) is 21.7. The molecule has 0 unspecified atom stereocenters. The highest BCUT2D eigenvalue weighted by Crippen LogP contribution is 2.48. The van der Waals surface area contributed by atoms with E-state index in [0.29, 0.717) is 23.1 Å². The topological polar surface area (TPSA) is 64.7 Å². The quantitative estimate of drug-likeness (QED) is 0.231. The average Bonchev–Trinajstić information content (AvgIpc) is 3.58. The van der Waals surface area contributed by atoms with Crippen molar-refractivity contribution in [1.29, 1.82) is 0 Å². The van der Waals surface area contributed by atoms with Gasteiger partial charge in [0.1, 0.15) is 5.58 Å². The average molecular weight is 525 g/mol. The number of hydrogen-bond acceptors (Lipinski definition) is 5. The lowest BCUT2D eigenvalue weighted by molar-refractivity contribution is 0.667. The number of furan rings is 1. The highest BCUT2D eigenvalue weighted by atomic mass is 16.3. The molecule has 5 heteroatoms. The number of fused-ring (bicyclic) bond motifs is 6. The van der Waals surface area contributed by atoms with E-state index in [9.17, 15) is 0 Å². The Kier molecular flexibility index (Phi) is 4.55. The highest BCUT2D eigenvalue weighted by Gasteiger charge is 2.23. The van der Waals surface area contributed by atoms with E-state index in [1.807, 2.05) is 54.7 Å². The summed E-state index contributed by atoms with van der Waals surface area (Å²) in [6.07, 6.45) is 3.57. The molecule has 1 aliphatic rings. The second-order valence-electron chi connectivity index (χ2n) is 10.3. The van der Waals surface area contributed by atoms with Crippen molar-refractivity contribution in [1.82, 2.24) is 19.9 Å². The van der Waals surface area contributed by atoms with Gasteiger partial charge < -0.3 is 4.42 Å². The van der Waals surface area contributed by atoms with Gasteiger partial charge in [0.2, 0.25) is 0 Å². The predicted molar refractivity (Wildman–Crippen MR) is 163 cm³/mol. The number of nitrogens with zero attached hydrogens (tertiary/aromatic N) is 4. The third kappa shape index (κ3) is 3.29. The summed E-state index contributed by atoms with van der Waals surface area (Å²) < 4.78 is 6.13. The van der Waals surface area contributed by atoms with Gasteiger partial charge >= 0.3 is 0 Å². The van der Waals surface area contributed by atoms with Crippen molar-refractivity contribution in [3.63, 3.8) is 0 Å². The molecule has 0 amide bonds. The van der Waals surface area contributed by atoms with E-state index in [1.54, 1.807) is 6.20 Å². The molecule has 0 spiro atoms. The minimum atomic E-state index is 0.559. The summed E-state index contributed by atoms with van der Waals surface area (Å²) >= 11 is 0. The van der Waals surface area contributed by atoms with E-state index in [1.165, 1.54) is 33.0 Å². The van der Waals surface area contributed by atoms with Crippen LogP contribution in [0, 0.1) is 0 Å². The van der Waals surface area contributed by atoms with Crippen LogP contribution in [0.15, 0.2) is 126 Å². The van der Waals surface area contributed by atoms with Gasteiger partial charge in [0.15, 0.2) is 23.1 Å². The van der Waals surface area contributed by atoms with Gasteiger partial charge in [0, 0.05) is 33.7 Å². The Hall–Kier alpha value is -5.68. The molecular formula is C36H20N4O. The van der Waals surface area contributed by atoms with Crippen molar-refractivity contribution in [2.75, 3.05) is 0 Å². The molecule has 8 aromatic rings.